The summed E-state index contributed by atoms with van der Waals surface area (Å²) >= 11 is 0. The molecule has 0 saturated heterocycles. The Balaban J connectivity index is 1.61. The van der Waals surface area contributed by atoms with Gasteiger partial charge in [-0.1, -0.05) is 30.3 Å². The Kier molecular flexibility index (Phi) is 4.36. The Morgan fingerprint density at radius 1 is 1.07 bits per heavy atom. The second-order valence-corrected chi connectivity index (χ2v) is 5.73. The number of aromatic carboxylic acids is 1. The summed E-state index contributed by atoms with van der Waals surface area (Å²) in [6.07, 6.45) is 3.07. The second kappa shape index (κ2) is 7.12. The van der Waals surface area contributed by atoms with Crippen molar-refractivity contribution in [1.82, 2.24) is 19.7 Å². The molecule has 8 heteroatoms. The van der Waals surface area contributed by atoms with E-state index in [-0.39, 0.29) is 12.1 Å². The molecule has 0 spiro atoms. The number of azo groups is 1. The zero-order valence-electron chi connectivity index (χ0n) is 14.1. The molecule has 132 valence electrons. The minimum atomic E-state index is -0.973. The van der Waals surface area contributed by atoms with Crippen molar-refractivity contribution < 1.29 is 9.90 Å². The van der Waals surface area contributed by atoms with E-state index in [1.54, 1.807) is 29.1 Å². The smallest absolute Gasteiger partial charge is 0.335 e. The highest BCUT2D eigenvalue weighted by Gasteiger charge is 2.10. The number of para-hydroxylation sites is 1. The summed E-state index contributed by atoms with van der Waals surface area (Å²) in [5, 5.41) is 22.4. The van der Waals surface area contributed by atoms with Gasteiger partial charge in [0.15, 0.2) is 11.5 Å². The molecule has 0 radical (unpaired) electrons. The number of nitrogens with zero attached hydrogens (tertiary/aromatic N) is 6. The molecule has 0 amide bonds. The minimum absolute atomic E-state index is 0.219. The van der Waals surface area contributed by atoms with Crippen molar-refractivity contribution in [3.63, 3.8) is 0 Å². The van der Waals surface area contributed by atoms with Crippen LogP contribution in [0.1, 0.15) is 15.9 Å². The van der Waals surface area contributed by atoms with E-state index in [0.717, 1.165) is 11.3 Å². The van der Waals surface area contributed by atoms with Crippen molar-refractivity contribution in [2.45, 2.75) is 6.54 Å². The van der Waals surface area contributed by atoms with Crippen LogP contribution in [0.2, 0.25) is 0 Å². The first-order valence-electron chi connectivity index (χ1n) is 8.16. The third-order valence-electron chi connectivity index (χ3n) is 3.94. The summed E-state index contributed by atoms with van der Waals surface area (Å²) in [6.45, 7) is 0.249. The van der Waals surface area contributed by atoms with Crippen LogP contribution in [-0.4, -0.2) is 30.8 Å². The van der Waals surface area contributed by atoms with Gasteiger partial charge in [-0.05, 0) is 29.8 Å². The molecule has 4 aromatic rings. The first kappa shape index (κ1) is 16.5. The molecule has 0 aliphatic heterocycles. The maximum absolute atomic E-state index is 11.0. The van der Waals surface area contributed by atoms with Crippen LogP contribution < -0.4 is 0 Å². The number of carboxylic acids is 1. The standard InChI is InChI=1S/C19H14N6O2/c26-19(27)14-6-4-5-13(9-14)10-22-24-17-16-11-23-25(18(16)21-12-20-17)15-7-2-1-3-8-15/h1-9,11-12H,10H2,(H,26,27). The van der Waals surface area contributed by atoms with Crippen molar-refractivity contribution in [2.24, 2.45) is 10.2 Å². The molecule has 2 heterocycles. The lowest BCUT2D eigenvalue weighted by Crippen LogP contribution is -1.97. The summed E-state index contributed by atoms with van der Waals surface area (Å²) in [5.74, 6) is -0.559. The van der Waals surface area contributed by atoms with E-state index < -0.39 is 5.97 Å². The molecule has 2 aromatic heterocycles. The van der Waals surface area contributed by atoms with Gasteiger partial charge in [-0.2, -0.15) is 10.2 Å². The number of fused-ring (bicyclic) bond motifs is 1. The second-order valence-electron chi connectivity index (χ2n) is 5.73. The van der Waals surface area contributed by atoms with Gasteiger partial charge in [0.2, 0.25) is 0 Å². The highest BCUT2D eigenvalue weighted by atomic mass is 16.4. The largest absolute Gasteiger partial charge is 0.478 e. The van der Waals surface area contributed by atoms with E-state index in [2.05, 4.69) is 25.3 Å². The highest BCUT2D eigenvalue weighted by Crippen LogP contribution is 2.24. The van der Waals surface area contributed by atoms with Gasteiger partial charge in [-0.25, -0.2) is 19.4 Å². The third-order valence-corrected chi connectivity index (χ3v) is 3.94. The number of carboxylic acid groups (broad SMARTS) is 1. The van der Waals surface area contributed by atoms with Gasteiger partial charge in [0.25, 0.3) is 0 Å². The normalized spacial score (nSPS) is 11.3. The van der Waals surface area contributed by atoms with Gasteiger partial charge in [-0.3, -0.25) is 0 Å². The van der Waals surface area contributed by atoms with E-state index in [9.17, 15) is 4.79 Å². The van der Waals surface area contributed by atoms with Crippen LogP contribution in [0.25, 0.3) is 16.7 Å². The lowest BCUT2D eigenvalue weighted by Gasteiger charge is -2.02. The summed E-state index contributed by atoms with van der Waals surface area (Å²) in [7, 11) is 0. The van der Waals surface area contributed by atoms with Crippen molar-refractivity contribution >= 4 is 22.8 Å². The Morgan fingerprint density at radius 2 is 1.93 bits per heavy atom. The SMILES string of the molecule is O=C(O)c1cccc(CN=Nc2ncnc3c2cnn3-c2ccccc2)c1. The molecule has 2 aromatic carbocycles. The molecule has 0 bridgehead atoms. The molecule has 8 nitrogen and oxygen atoms in total. The van der Waals surface area contributed by atoms with Gasteiger partial charge < -0.3 is 5.11 Å². The average Bonchev–Trinajstić information content (AvgIpc) is 3.14. The summed E-state index contributed by atoms with van der Waals surface area (Å²) in [5.41, 5.74) is 2.50. The van der Waals surface area contributed by atoms with Gasteiger partial charge in [0.05, 0.1) is 29.4 Å². The molecule has 1 N–H and O–H groups in total. The van der Waals surface area contributed by atoms with Crippen LogP contribution in [0.4, 0.5) is 5.82 Å². The van der Waals surface area contributed by atoms with E-state index in [1.807, 2.05) is 30.3 Å². The van der Waals surface area contributed by atoms with E-state index in [1.165, 1.54) is 12.4 Å². The van der Waals surface area contributed by atoms with Crippen LogP contribution in [0, 0.1) is 0 Å². The molecule has 27 heavy (non-hydrogen) atoms. The number of benzene rings is 2. The molecule has 4 rings (SSSR count). The van der Waals surface area contributed by atoms with Crippen LogP contribution in [0.15, 0.2) is 77.3 Å². The van der Waals surface area contributed by atoms with Crippen molar-refractivity contribution in [2.75, 3.05) is 0 Å². The number of aromatic nitrogens is 4. The number of hydrogen-bond donors (Lipinski definition) is 1. The average molecular weight is 358 g/mol. The topological polar surface area (TPSA) is 106 Å². The predicted octanol–water partition coefficient (Wildman–Crippen LogP) is 3.80. The molecule has 0 saturated carbocycles. The minimum Gasteiger partial charge on any atom is -0.478 e. The molecule has 0 aliphatic rings. The van der Waals surface area contributed by atoms with Crippen molar-refractivity contribution in [3.8, 4) is 5.69 Å². The summed E-state index contributed by atoms with van der Waals surface area (Å²) < 4.78 is 1.71. The molecule has 0 aliphatic carbocycles. The third kappa shape index (κ3) is 3.40. The predicted molar refractivity (Wildman–Crippen MR) is 98.3 cm³/mol. The maximum Gasteiger partial charge on any atom is 0.335 e. The van der Waals surface area contributed by atoms with Crippen LogP contribution >= 0.6 is 0 Å². The van der Waals surface area contributed by atoms with Crippen molar-refractivity contribution in [3.05, 3.63) is 78.2 Å². The van der Waals surface area contributed by atoms with Crippen LogP contribution in [0.3, 0.4) is 0 Å². The maximum atomic E-state index is 11.0. The molecule has 0 unspecified atom stereocenters. The van der Waals surface area contributed by atoms with E-state index in [0.29, 0.717) is 16.9 Å². The quantitative estimate of drug-likeness (QED) is 0.546. The van der Waals surface area contributed by atoms with Gasteiger partial charge in [0.1, 0.15) is 6.33 Å². The zero-order valence-corrected chi connectivity index (χ0v) is 14.1. The van der Waals surface area contributed by atoms with Crippen molar-refractivity contribution in [1.29, 1.82) is 0 Å². The molecular formula is C19H14N6O2. The van der Waals surface area contributed by atoms with Gasteiger partial charge in [0, 0.05) is 0 Å². The number of rotatable bonds is 5. The van der Waals surface area contributed by atoms with Gasteiger partial charge in [-0.15, -0.1) is 5.11 Å². The number of hydrogen-bond acceptors (Lipinski definition) is 6. The molecule has 0 fully saturated rings. The Morgan fingerprint density at radius 3 is 2.74 bits per heavy atom. The Hall–Kier alpha value is -3.94. The monoisotopic (exact) mass is 358 g/mol. The lowest BCUT2D eigenvalue weighted by molar-refractivity contribution is 0.0696. The van der Waals surface area contributed by atoms with Crippen LogP contribution in [-0.2, 0) is 6.54 Å². The summed E-state index contributed by atoms with van der Waals surface area (Å²) in [6, 6.07) is 16.3. The zero-order chi connectivity index (χ0) is 18.6. The summed E-state index contributed by atoms with van der Waals surface area (Å²) in [4.78, 5) is 19.5. The first-order valence-corrected chi connectivity index (χ1v) is 8.16. The van der Waals surface area contributed by atoms with Gasteiger partial charge >= 0.3 is 5.97 Å². The van der Waals surface area contributed by atoms with Crippen LogP contribution in [0.5, 0.6) is 0 Å². The van der Waals surface area contributed by atoms with E-state index in [4.69, 9.17) is 5.11 Å². The molecule has 0 atom stereocenters. The fourth-order valence-electron chi connectivity index (χ4n) is 2.66. The Labute approximate surface area is 153 Å². The number of carbonyl (C=O) groups is 1. The first-order chi connectivity index (χ1) is 13.2. The molecular weight excluding hydrogens is 344 g/mol. The van der Waals surface area contributed by atoms with E-state index >= 15 is 0 Å². The lowest BCUT2D eigenvalue weighted by atomic mass is 10.1. The fourth-order valence-corrected chi connectivity index (χ4v) is 2.66. The fraction of sp³-hybridized carbons (Fsp3) is 0.0526. The highest BCUT2D eigenvalue weighted by molar-refractivity contribution is 5.87. The Bertz CT molecular complexity index is 1140.